The highest BCUT2D eigenvalue weighted by molar-refractivity contribution is 7.13. The van der Waals surface area contributed by atoms with Crippen LogP contribution >= 0.6 is 11.3 Å². The number of aryl methyl sites for hydroxylation is 1. The Morgan fingerprint density at radius 2 is 2.09 bits per heavy atom. The van der Waals surface area contributed by atoms with Gasteiger partial charge in [0.05, 0.1) is 5.69 Å². The fourth-order valence-electron chi connectivity index (χ4n) is 3.20. The summed E-state index contributed by atoms with van der Waals surface area (Å²) in [6, 6.07) is 8.69. The molecule has 0 radical (unpaired) electrons. The minimum atomic E-state index is 0.355. The molecule has 1 saturated carbocycles. The zero-order chi connectivity index (χ0) is 15.8. The summed E-state index contributed by atoms with van der Waals surface area (Å²) in [7, 11) is 0. The molecule has 1 aromatic carbocycles. The molecule has 5 nitrogen and oxygen atoms in total. The van der Waals surface area contributed by atoms with E-state index in [1.165, 1.54) is 5.56 Å². The molecule has 6 heteroatoms. The first-order valence-corrected chi connectivity index (χ1v) is 8.76. The largest absolute Gasteiger partial charge is 0.328 e. The predicted molar refractivity (Wildman–Crippen MR) is 91.6 cm³/mol. The molecule has 0 atom stereocenters. The molecule has 2 heterocycles. The average Bonchev–Trinajstić information content (AvgIpc) is 3.15. The number of nitrogens with zero attached hydrogens (tertiary/aromatic N) is 4. The highest BCUT2D eigenvalue weighted by Crippen LogP contribution is 2.32. The van der Waals surface area contributed by atoms with Gasteiger partial charge in [-0.1, -0.05) is 18.2 Å². The van der Waals surface area contributed by atoms with Crippen LogP contribution in [-0.2, 0) is 6.42 Å². The van der Waals surface area contributed by atoms with Gasteiger partial charge in [-0.25, -0.2) is 4.98 Å². The molecule has 1 aliphatic carbocycles. The third-order valence-electron chi connectivity index (χ3n) is 4.45. The van der Waals surface area contributed by atoms with E-state index in [4.69, 9.17) is 5.73 Å². The van der Waals surface area contributed by atoms with E-state index in [0.29, 0.717) is 12.0 Å². The summed E-state index contributed by atoms with van der Waals surface area (Å²) in [4.78, 5) is 4.42. The van der Waals surface area contributed by atoms with Gasteiger partial charge in [0.15, 0.2) is 10.8 Å². The molecule has 0 aliphatic heterocycles. The maximum Gasteiger partial charge on any atom is 0.197 e. The van der Waals surface area contributed by atoms with Crippen molar-refractivity contribution < 1.29 is 0 Å². The summed E-state index contributed by atoms with van der Waals surface area (Å²) < 4.78 is 2.16. The fourth-order valence-corrected chi connectivity index (χ4v) is 3.81. The number of thiazole rings is 1. The van der Waals surface area contributed by atoms with Crippen LogP contribution in [0.1, 0.15) is 24.2 Å². The highest BCUT2D eigenvalue weighted by Gasteiger charge is 2.29. The third-order valence-corrected chi connectivity index (χ3v) is 5.22. The summed E-state index contributed by atoms with van der Waals surface area (Å²) in [6.07, 6.45) is 4.88. The molecule has 118 valence electrons. The number of hydrogen-bond acceptors (Lipinski definition) is 5. The van der Waals surface area contributed by atoms with Crippen molar-refractivity contribution in [1.82, 2.24) is 19.7 Å². The summed E-state index contributed by atoms with van der Waals surface area (Å²) in [5.41, 5.74) is 8.26. The molecular weight excluding hydrogens is 306 g/mol. The van der Waals surface area contributed by atoms with Crippen LogP contribution in [0.3, 0.4) is 0 Å². The van der Waals surface area contributed by atoms with Crippen molar-refractivity contribution in [1.29, 1.82) is 0 Å². The zero-order valence-corrected chi connectivity index (χ0v) is 13.8. The molecule has 0 spiro atoms. The van der Waals surface area contributed by atoms with E-state index in [1.807, 2.05) is 11.6 Å². The normalized spacial score (nSPS) is 20.4. The average molecular weight is 325 g/mol. The molecular formula is C17H19N5S. The SMILES string of the molecule is Cc1ccccc1-n1c(CC2CC(N)C2)nnc1-c1nccs1. The maximum atomic E-state index is 5.93. The number of benzene rings is 1. The van der Waals surface area contributed by atoms with Crippen molar-refractivity contribution >= 4 is 11.3 Å². The van der Waals surface area contributed by atoms with Crippen molar-refractivity contribution in [2.75, 3.05) is 0 Å². The van der Waals surface area contributed by atoms with Crippen molar-refractivity contribution in [2.45, 2.75) is 32.2 Å². The second kappa shape index (κ2) is 5.86. The van der Waals surface area contributed by atoms with Crippen LogP contribution in [-0.4, -0.2) is 25.8 Å². The Morgan fingerprint density at radius 1 is 1.26 bits per heavy atom. The van der Waals surface area contributed by atoms with Crippen LogP contribution in [0.2, 0.25) is 0 Å². The van der Waals surface area contributed by atoms with Crippen LogP contribution in [0.25, 0.3) is 16.5 Å². The molecule has 23 heavy (non-hydrogen) atoms. The Hall–Kier alpha value is -2.05. The minimum Gasteiger partial charge on any atom is -0.328 e. The van der Waals surface area contributed by atoms with Gasteiger partial charge in [0.2, 0.25) is 0 Å². The molecule has 3 aromatic rings. The van der Waals surface area contributed by atoms with E-state index in [0.717, 1.165) is 41.6 Å². The number of nitrogens with two attached hydrogens (primary N) is 1. The standard InChI is InChI=1S/C17H19N5S/c1-11-4-2-3-5-14(11)22-15(10-12-8-13(18)9-12)20-21-16(22)17-19-6-7-23-17/h2-7,12-13H,8-10,18H2,1H3. The first-order valence-electron chi connectivity index (χ1n) is 7.88. The Morgan fingerprint density at radius 3 is 2.78 bits per heavy atom. The summed E-state index contributed by atoms with van der Waals surface area (Å²) >= 11 is 1.59. The molecule has 2 aromatic heterocycles. The van der Waals surface area contributed by atoms with E-state index in [1.54, 1.807) is 11.3 Å². The summed E-state index contributed by atoms with van der Waals surface area (Å²) in [6.45, 7) is 2.12. The molecule has 0 saturated heterocycles. The lowest BCUT2D eigenvalue weighted by Crippen LogP contribution is -2.37. The lowest BCUT2D eigenvalue weighted by Gasteiger charge is -2.32. The van der Waals surface area contributed by atoms with E-state index in [2.05, 4.69) is 50.9 Å². The summed E-state index contributed by atoms with van der Waals surface area (Å²) in [5.74, 6) is 2.44. The van der Waals surface area contributed by atoms with Gasteiger partial charge in [0, 0.05) is 24.0 Å². The number of rotatable bonds is 4. The Bertz CT molecular complexity index is 802. The Labute approximate surface area is 139 Å². The first-order chi connectivity index (χ1) is 11.2. The van der Waals surface area contributed by atoms with Gasteiger partial charge < -0.3 is 5.73 Å². The van der Waals surface area contributed by atoms with E-state index in [9.17, 15) is 0 Å². The van der Waals surface area contributed by atoms with E-state index < -0.39 is 0 Å². The lowest BCUT2D eigenvalue weighted by atomic mass is 9.78. The predicted octanol–water partition coefficient (Wildman–Crippen LogP) is 2.98. The number of aromatic nitrogens is 4. The number of para-hydroxylation sites is 1. The van der Waals surface area contributed by atoms with Crippen molar-refractivity contribution in [3.63, 3.8) is 0 Å². The lowest BCUT2D eigenvalue weighted by molar-refractivity contribution is 0.259. The van der Waals surface area contributed by atoms with Crippen molar-refractivity contribution in [3.8, 4) is 16.5 Å². The summed E-state index contributed by atoms with van der Waals surface area (Å²) in [5, 5.41) is 11.8. The smallest absolute Gasteiger partial charge is 0.197 e. The second-order valence-corrected chi connectivity index (χ2v) is 7.10. The molecule has 1 aliphatic rings. The maximum absolute atomic E-state index is 5.93. The van der Waals surface area contributed by atoms with Crippen molar-refractivity contribution in [3.05, 3.63) is 47.2 Å². The molecule has 0 amide bonds. The zero-order valence-electron chi connectivity index (χ0n) is 13.0. The molecule has 0 unspecified atom stereocenters. The number of hydrogen-bond donors (Lipinski definition) is 1. The van der Waals surface area contributed by atoms with Gasteiger partial charge in [-0.3, -0.25) is 4.57 Å². The fraction of sp³-hybridized carbons (Fsp3) is 0.353. The Balaban J connectivity index is 1.79. The molecule has 2 N–H and O–H groups in total. The third kappa shape index (κ3) is 2.68. The topological polar surface area (TPSA) is 69.6 Å². The quantitative estimate of drug-likeness (QED) is 0.800. The van der Waals surface area contributed by atoms with Gasteiger partial charge in [0.25, 0.3) is 0 Å². The molecule has 1 fully saturated rings. The first kappa shape index (κ1) is 14.5. The van der Waals surface area contributed by atoms with Gasteiger partial charge in [-0.15, -0.1) is 21.5 Å². The van der Waals surface area contributed by atoms with Gasteiger partial charge >= 0.3 is 0 Å². The van der Waals surface area contributed by atoms with Crippen molar-refractivity contribution in [2.24, 2.45) is 11.7 Å². The Kier molecular flexibility index (Phi) is 3.71. The molecule has 0 bridgehead atoms. The molecule has 4 rings (SSSR count). The highest BCUT2D eigenvalue weighted by atomic mass is 32.1. The van der Waals surface area contributed by atoms with Crippen LogP contribution in [0.15, 0.2) is 35.8 Å². The van der Waals surface area contributed by atoms with Crippen LogP contribution in [0.5, 0.6) is 0 Å². The van der Waals surface area contributed by atoms with Gasteiger partial charge in [-0.05, 0) is 37.3 Å². The second-order valence-electron chi connectivity index (χ2n) is 6.20. The van der Waals surface area contributed by atoms with Crippen LogP contribution in [0.4, 0.5) is 0 Å². The van der Waals surface area contributed by atoms with Crippen LogP contribution in [0, 0.1) is 12.8 Å². The van der Waals surface area contributed by atoms with Crippen LogP contribution < -0.4 is 5.73 Å². The monoisotopic (exact) mass is 325 g/mol. The van der Waals surface area contributed by atoms with Gasteiger partial charge in [0.1, 0.15) is 5.82 Å². The minimum absolute atomic E-state index is 0.355. The van der Waals surface area contributed by atoms with E-state index in [-0.39, 0.29) is 0 Å². The van der Waals surface area contributed by atoms with Gasteiger partial charge in [-0.2, -0.15) is 0 Å². The van der Waals surface area contributed by atoms with E-state index >= 15 is 0 Å².